The van der Waals surface area contributed by atoms with Gasteiger partial charge in [-0.15, -0.1) is 0 Å². The topological polar surface area (TPSA) is 37.5 Å². The number of imidazole rings is 1. The zero-order valence-electron chi connectivity index (χ0n) is 7.44. The predicted molar refractivity (Wildman–Crippen MR) is 53.8 cm³/mol. The van der Waals surface area contributed by atoms with Gasteiger partial charge in [0, 0.05) is 5.92 Å². The Kier molecular flexibility index (Phi) is 1.53. The molecule has 0 aliphatic heterocycles. The Morgan fingerprint density at radius 3 is 2.93 bits per heavy atom. The van der Waals surface area contributed by atoms with E-state index in [0.717, 1.165) is 24.2 Å². The molecule has 0 aromatic carbocycles. The number of halogens is 1. The third kappa shape index (κ3) is 1.02. The molecular weight excluding hydrogens is 200 g/mol. The standard InChI is InChI=1S/C10H9ClN2O/c11-9-7-2-1-3-8(14)13(7)10(12-9)6-4-5-6/h1-3,6,14H,4-5H2. The molecule has 1 N–H and O–H groups in total. The lowest BCUT2D eigenvalue weighted by Gasteiger charge is -2.01. The fraction of sp³-hybridized carbons (Fsp3) is 0.300. The Bertz CT molecular complexity index is 502. The number of pyridine rings is 1. The minimum Gasteiger partial charge on any atom is -0.494 e. The van der Waals surface area contributed by atoms with Crippen LogP contribution < -0.4 is 0 Å². The first-order chi connectivity index (χ1) is 6.77. The maximum Gasteiger partial charge on any atom is 0.197 e. The first-order valence-corrected chi connectivity index (χ1v) is 5.01. The van der Waals surface area contributed by atoms with Crippen LogP contribution in [0.5, 0.6) is 5.88 Å². The molecule has 1 fully saturated rings. The Hall–Kier alpha value is -1.22. The Balaban J connectivity index is 2.39. The van der Waals surface area contributed by atoms with E-state index in [9.17, 15) is 5.11 Å². The average Bonchev–Trinajstić information content (AvgIpc) is 2.94. The van der Waals surface area contributed by atoms with Crippen LogP contribution in [0.1, 0.15) is 24.6 Å². The van der Waals surface area contributed by atoms with Crippen molar-refractivity contribution in [3.8, 4) is 5.88 Å². The second-order valence-corrected chi connectivity index (χ2v) is 4.00. The molecule has 3 nitrogen and oxygen atoms in total. The molecule has 14 heavy (non-hydrogen) atoms. The summed E-state index contributed by atoms with van der Waals surface area (Å²) in [4.78, 5) is 4.28. The molecule has 0 radical (unpaired) electrons. The van der Waals surface area contributed by atoms with Crippen molar-refractivity contribution in [3.63, 3.8) is 0 Å². The number of aromatic hydroxyl groups is 1. The van der Waals surface area contributed by atoms with Crippen LogP contribution >= 0.6 is 11.6 Å². The number of nitrogens with zero attached hydrogens (tertiary/aromatic N) is 2. The summed E-state index contributed by atoms with van der Waals surface area (Å²) < 4.78 is 1.74. The summed E-state index contributed by atoms with van der Waals surface area (Å²) in [7, 11) is 0. The maximum absolute atomic E-state index is 9.71. The summed E-state index contributed by atoms with van der Waals surface area (Å²) in [6.07, 6.45) is 2.29. The molecule has 1 aliphatic carbocycles. The monoisotopic (exact) mass is 208 g/mol. The molecule has 0 bridgehead atoms. The van der Waals surface area contributed by atoms with Gasteiger partial charge in [-0.3, -0.25) is 4.40 Å². The van der Waals surface area contributed by atoms with Crippen molar-refractivity contribution in [1.82, 2.24) is 9.38 Å². The van der Waals surface area contributed by atoms with E-state index in [-0.39, 0.29) is 5.88 Å². The van der Waals surface area contributed by atoms with Crippen molar-refractivity contribution >= 4 is 17.1 Å². The van der Waals surface area contributed by atoms with Crippen LogP contribution in [-0.2, 0) is 0 Å². The van der Waals surface area contributed by atoms with E-state index in [1.54, 1.807) is 16.5 Å². The highest BCUT2D eigenvalue weighted by Gasteiger charge is 2.29. The number of hydrogen-bond acceptors (Lipinski definition) is 2. The van der Waals surface area contributed by atoms with Gasteiger partial charge in [-0.1, -0.05) is 17.7 Å². The van der Waals surface area contributed by atoms with Gasteiger partial charge in [-0.2, -0.15) is 0 Å². The molecule has 3 rings (SSSR count). The zero-order valence-corrected chi connectivity index (χ0v) is 8.20. The molecule has 1 saturated carbocycles. The molecule has 72 valence electrons. The van der Waals surface area contributed by atoms with Crippen LogP contribution in [0.4, 0.5) is 0 Å². The second kappa shape index (κ2) is 2.64. The van der Waals surface area contributed by atoms with Crippen molar-refractivity contribution in [2.75, 3.05) is 0 Å². The lowest BCUT2D eigenvalue weighted by atomic mass is 10.4. The lowest BCUT2D eigenvalue weighted by molar-refractivity contribution is 0.443. The highest BCUT2D eigenvalue weighted by atomic mass is 35.5. The second-order valence-electron chi connectivity index (χ2n) is 3.64. The highest BCUT2D eigenvalue weighted by Crippen LogP contribution is 2.41. The van der Waals surface area contributed by atoms with Gasteiger partial charge in [-0.25, -0.2) is 4.98 Å². The summed E-state index contributed by atoms with van der Waals surface area (Å²) in [6, 6.07) is 5.28. The zero-order chi connectivity index (χ0) is 9.71. The van der Waals surface area contributed by atoms with Gasteiger partial charge in [0.15, 0.2) is 11.0 Å². The quantitative estimate of drug-likeness (QED) is 0.782. The van der Waals surface area contributed by atoms with Crippen LogP contribution in [0.15, 0.2) is 18.2 Å². The molecule has 0 saturated heterocycles. The van der Waals surface area contributed by atoms with Gasteiger partial charge < -0.3 is 5.11 Å². The van der Waals surface area contributed by atoms with Gasteiger partial charge in [0.25, 0.3) is 0 Å². The molecule has 2 aromatic heterocycles. The predicted octanol–water partition coefficient (Wildman–Crippen LogP) is 2.57. The molecule has 0 atom stereocenters. The summed E-state index contributed by atoms with van der Waals surface area (Å²) in [5, 5.41) is 10.2. The fourth-order valence-electron chi connectivity index (χ4n) is 1.72. The van der Waals surface area contributed by atoms with Gasteiger partial charge in [0.1, 0.15) is 5.82 Å². The fourth-order valence-corrected chi connectivity index (χ4v) is 1.96. The third-order valence-corrected chi connectivity index (χ3v) is 2.84. The van der Waals surface area contributed by atoms with E-state index >= 15 is 0 Å². The summed E-state index contributed by atoms with van der Waals surface area (Å²) in [5.74, 6) is 1.58. The SMILES string of the molecule is Oc1cccc2c(Cl)nc(C3CC3)n12. The van der Waals surface area contributed by atoms with E-state index < -0.39 is 0 Å². The van der Waals surface area contributed by atoms with Crippen LogP contribution in [0.25, 0.3) is 5.52 Å². The molecule has 4 heteroatoms. The minimum atomic E-state index is 0.212. The average molecular weight is 209 g/mol. The van der Waals surface area contributed by atoms with Crippen LogP contribution in [0.3, 0.4) is 0 Å². The van der Waals surface area contributed by atoms with Crippen molar-refractivity contribution in [1.29, 1.82) is 0 Å². The minimum absolute atomic E-state index is 0.212. The number of aromatic nitrogens is 2. The molecule has 2 heterocycles. The number of fused-ring (bicyclic) bond motifs is 1. The van der Waals surface area contributed by atoms with Gasteiger partial charge in [0.2, 0.25) is 0 Å². The molecular formula is C10H9ClN2O. The van der Waals surface area contributed by atoms with E-state index in [4.69, 9.17) is 11.6 Å². The summed E-state index contributed by atoms with van der Waals surface area (Å²) in [5.41, 5.74) is 0.786. The number of hydrogen-bond donors (Lipinski definition) is 1. The lowest BCUT2D eigenvalue weighted by Crippen LogP contribution is -1.92. The Morgan fingerprint density at radius 2 is 2.21 bits per heavy atom. The smallest absolute Gasteiger partial charge is 0.197 e. The molecule has 1 aliphatic rings. The van der Waals surface area contributed by atoms with Gasteiger partial charge >= 0.3 is 0 Å². The normalized spacial score (nSPS) is 16.4. The highest BCUT2D eigenvalue weighted by molar-refractivity contribution is 6.32. The summed E-state index contributed by atoms with van der Waals surface area (Å²) >= 11 is 5.98. The van der Waals surface area contributed by atoms with E-state index in [1.807, 2.05) is 6.07 Å². The van der Waals surface area contributed by atoms with Crippen molar-refractivity contribution in [2.24, 2.45) is 0 Å². The van der Waals surface area contributed by atoms with Gasteiger partial charge in [0.05, 0.1) is 5.52 Å². The Labute approximate surface area is 86.0 Å². The van der Waals surface area contributed by atoms with E-state index in [2.05, 4.69) is 4.98 Å². The number of rotatable bonds is 1. The van der Waals surface area contributed by atoms with Crippen LogP contribution in [0.2, 0.25) is 5.15 Å². The Morgan fingerprint density at radius 1 is 1.43 bits per heavy atom. The molecule has 2 aromatic rings. The van der Waals surface area contributed by atoms with Crippen molar-refractivity contribution in [3.05, 3.63) is 29.2 Å². The van der Waals surface area contributed by atoms with Crippen LogP contribution in [-0.4, -0.2) is 14.5 Å². The van der Waals surface area contributed by atoms with E-state index in [1.165, 1.54) is 0 Å². The first-order valence-electron chi connectivity index (χ1n) is 4.63. The largest absolute Gasteiger partial charge is 0.494 e. The molecule has 0 spiro atoms. The van der Waals surface area contributed by atoms with Crippen molar-refractivity contribution < 1.29 is 5.11 Å². The third-order valence-electron chi connectivity index (χ3n) is 2.57. The van der Waals surface area contributed by atoms with Gasteiger partial charge in [-0.05, 0) is 25.0 Å². The molecule has 0 unspecified atom stereocenters. The molecule has 0 amide bonds. The maximum atomic E-state index is 9.71. The first kappa shape index (κ1) is 8.12. The summed E-state index contributed by atoms with van der Waals surface area (Å²) in [6.45, 7) is 0. The van der Waals surface area contributed by atoms with Crippen LogP contribution in [0, 0.1) is 0 Å². The van der Waals surface area contributed by atoms with Crippen molar-refractivity contribution in [2.45, 2.75) is 18.8 Å². The van der Waals surface area contributed by atoms with E-state index in [0.29, 0.717) is 11.1 Å².